The van der Waals surface area contributed by atoms with Crippen LogP contribution in [-0.4, -0.2) is 24.4 Å². The first-order chi connectivity index (χ1) is 7.65. The maximum Gasteiger partial charge on any atom is 0.287 e. The second-order valence-electron chi connectivity index (χ2n) is 3.46. The first-order valence-corrected chi connectivity index (χ1v) is 5.27. The van der Waals surface area contributed by atoms with Crippen molar-refractivity contribution in [3.8, 4) is 0 Å². The molecule has 1 aromatic rings. The minimum Gasteiger partial charge on any atom is -0.459 e. The Balaban J connectivity index is 2.42. The molecule has 2 amide bonds. The van der Waals surface area contributed by atoms with Gasteiger partial charge in [0, 0.05) is 6.54 Å². The van der Waals surface area contributed by atoms with E-state index in [9.17, 15) is 9.59 Å². The summed E-state index contributed by atoms with van der Waals surface area (Å²) >= 11 is 0. The Morgan fingerprint density at radius 2 is 2.25 bits per heavy atom. The van der Waals surface area contributed by atoms with E-state index in [1.54, 1.807) is 19.1 Å². The maximum absolute atomic E-state index is 11.5. The van der Waals surface area contributed by atoms with E-state index in [0.29, 0.717) is 6.54 Å². The van der Waals surface area contributed by atoms with Gasteiger partial charge in [-0.1, -0.05) is 6.92 Å². The largest absolute Gasteiger partial charge is 0.459 e. The van der Waals surface area contributed by atoms with Gasteiger partial charge in [0.15, 0.2) is 5.76 Å². The smallest absolute Gasteiger partial charge is 0.287 e. The molecule has 0 radical (unpaired) electrons. The summed E-state index contributed by atoms with van der Waals surface area (Å²) < 4.78 is 4.91. The van der Waals surface area contributed by atoms with E-state index in [0.717, 1.165) is 6.42 Å². The average molecular weight is 224 g/mol. The lowest BCUT2D eigenvalue weighted by molar-refractivity contribution is -0.122. The predicted octanol–water partition coefficient (Wildman–Crippen LogP) is 0.924. The lowest BCUT2D eigenvalue weighted by Gasteiger charge is -2.12. The topological polar surface area (TPSA) is 71.3 Å². The molecule has 0 spiro atoms. The third-order valence-corrected chi connectivity index (χ3v) is 2.04. The third kappa shape index (κ3) is 3.42. The highest BCUT2D eigenvalue weighted by molar-refractivity contribution is 5.95. The molecule has 2 N–H and O–H groups in total. The zero-order valence-electron chi connectivity index (χ0n) is 9.45. The monoisotopic (exact) mass is 224 g/mol. The molecule has 0 aliphatic heterocycles. The van der Waals surface area contributed by atoms with Gasteiger partial charge in [-0.2, -0.15) is 0 Å². The molecule has 5 heteroatoms. The zero-order chi connectivity index (χ0) is 12.0. The van der Waals surface area contributed by atoms with Gasteiger partial charge < -0.3 is 15.1 Å². The Labute approximate surface area is 94.2 Å². The van der Waals surface area contributed by atoms with Crippen molar-refractivity contribution in [2.24, 2.45) is 0 Å². The molecule has 0 fully saturated rings. The first-order valence-electron chi connectivity index (χ1n) is 5.27. The van der Waals surface area contributed by atoms with Crippen molar-refractivity contribution in [3.63, 3.8) is 0 Å². The van der Waals surface area contributed by atoms with E-state index in [2.05, 4.69) is 10.6 Å². The number of rotatable bonds is 5. The van der Waals surface area contributed by atoms with Crippen LogP contribution >= 0.6 is 0 Å². The van der Waals surface area contributed by atoms with E-state index in [-0.39, 0.29) is 17.6 Å². The molecule has 16 heavy (non-hydrogen) atoms. The van der Waals surface area contributed by atoms with Gasteiger partial charge in [0.05, 0.1) is 6.26 Å². The summed E-state index contributed by atoms with van der Waals surface area (Å²) in [6.07, 6.45) is 2.28. The van der Waals surface area contributed by atoms with Crippen LogP contribution in [0.25, 0.3) is 0 Å². The summed E-state index contributed by atoms with van der Waals surface area (Å²) in [5, 5.41) is 5.24. The van der Waals surface area contributed by atoms with Crippen LogP contribution in [0.4, 0.5) is 0 Å². The van der Waals surface area contributed by atoms with Crippen molar-refractivity contribution in [1.29, 1.82) is 0 Å². The number of hydrogen-bond acceptors (Lipinski definition) is 3. The van der Waals surface area contributed by atoms with Gasteiger partial charge >= 0.3 is 0 Å². The minimum atomic E-state index is -0.566. The van der Waals surface area contributed by atoms with Gasteiger partial charge in [-0.05, 0) is 25.5 Å². The zero-order valence-corrected chi connectivity index (χ0v) is 9.45. The maximum atomic E-state index is 11.5. The summed E-state index contributed by atoms with van der Waals surface area (Å²) in [7, 11) is 0. The lowest BCUT2D eigenvalue weighted by atomic mass is 10.3. The second-order valence-corrected chi connectivity index (χ2v) is 3.46. The third-order valence-electron chi connectivity index (χ3n) is 2.04. The molecule has 0 saturated carbocycles. The summed E-state index contributed by atoms with van der Waals surface area (Å²) in [6.45, 7) is 4.21. The van der Waals surface area contributed by atoms with Gasteiger partial charge in [0.1, 0.15) is 6.04 Å². The van der Waals surface area contributed by atoms with Crippen LogP contribution < -0.4 is 10.6 Å². The van der Waals surface area contributed by atoms with Crippen LogP contribution in [0.15, 0.2) is 22.8 Å². The first kappa shape index (κ1) is 12.3. The molecule has 0 aliphatic rings. The minimum absolute atomic E-state index is 0.193. The fourth-order valence-corrected chi connectivity index (χ4v) is 1.14. The van der Waals surface area contributed by atoms with Gasteiger partial charge in [-0.25, -0.2) is 0 Å². The van der Waals surface area contributed by atoms with Crippen LogP contribution in [0.1, 0.15) is 30.8 Å². The highest BCUT2D eigenvalue weighted by Gasteiger charge is 2.17. The number of hydrogen-bond donors (Lipinski definition) is 2. The van der Waals surface area contributed by atoms with Crippen LogP contribution in [0.5, 0.6) is 0 Å². The fourth-order valence-electron chi connectivity index (χ4n) is 1.14. The summed E-state index contributed by atoms with van der Waals surface area (Å²) in [5.41, 5.74) is 0. The molecule has 1 aromatic heterocycles. The van der Waals surface area contributed by atoms with Gasteiger partial charge in [-0.15, -0.1) is 0 Å². The van der Waals surface area contributed by atoms with Crippen molar-refractivity contribution in [3.05, 3.63) is 24.2 Å². The van der Waals surface area contributed by atoms with Gasteiger partial charge in [0.25, 0.3) is 5.91 Å². The predicted molar refractivity (Wildman–Crippen MR) is 58.9 cm³/mol. The van der Waals surface area contributed by atoms with E-state index < -0.39 is 6.04 Å². The molecule has 1 atom stereocenters. The number of amides is 2. The molecule has 88 valence electrons. The molecule has 5 nitrogen and oxygen atoms in total. The molecule has 0 aliphatic carbocycles. The SMILES string of the molecule is CCCNC(=O)[C@@H](C)NC(=O)c1ccco1. The number of furan rings is 1. The number of carbonyl (C=O) groups is 2. The van der Waals surface area contributed by atoms with E-state index in [1.165, 1.54) is 6.26 Å². The quantitative estimate of drug-likeness (QED) is 0.781. The Morgan fingerprint density at radius 3 is 2.81 bits per heavy atom. The lowest BCUT2D eigenvalue weighted by Crippen LogP contribution is -2.44. The Morgan fingerprint density at radius 1 is 1.50 bits per heavy atom. The van der Waals surface area contributed by atoms with Crippen molar-refractivity contribution in [2.75, 3.05) is 6.54 Å². The average Bonchev–Trinajstić information content (AvgIpc) is 2.79. The second kappa shape index (κ2) is 5.95. The molecule has 0 saturated heterocycles. The summed E-state index contributed by atoms with van der Waals surface area (Å²) in [5.74, 6) is -0.374. The molecular weight excluding hydrogens is 208 g/mol. The fraction of sp³-hybridized carbons (Fsp3) is 0.455. The van der Waals surface area contributed by atoms with Crippen molar-refractivity contribution >= 4 is 11.8 Å². The molecule has 0 aromatic carbocycles. The molecular formula is C11H16N2O3. The highest BCUT2D eigenvalue weighted by Crippen LogP contribution is 1.99. The number of nitrogens with one attached hydrogen (secondary N) is 2. The van der Waals surface area contributed by atoms with Crippen molar-refractivity contribution in [1.82, 2.24) is 10.6 Å². The standard InChI is InChI=1S/C11H16N2O3/c1-3-6-12-10(14)8(2)13-11(15)9-5-4-7-16-9/h4-5,7-8H,3,6H2,1-2H3,(H,12,14)(H,13,15)/t8-/m1/s1. The molecule has 1 rings (SSSR count). The summed E-state index contributed by atoms with van der Waals surface area (Å²) in [4.78, 5) is 23.0. The van der Waals surface area contributed by atoms with E-state index in [1.807, 2.05) is 6.92 Å². The van der Waals surface area contributed by atoms with Crippen LogP contribution in [0, 0.1) is 0 Å². The summed E-state index contributed by atoms with van der Waals surface area (Å²) in [6, 6.07) is 2.60. The van der Waals surface area contributed by atoms with Gasteiger partial charge in [-0.3, -0.25) is 9.59 Å². The normalized spacial score (nSPS) is 11.9. The number of carbonyl (C=O) groups excluding carboxylic acids is 2. The van der Waals surface area contributed by atoms with Crippen LogP contribution in [-0.2, 0) is 4.79 Å². The Hall–Kier alpha value is -1.78. The van der Waals surface area contributed by atoms with E-state index in [4.69, 9.17) is 4.42 Å². The highest BCUT2D eigenvalue weighted by atomic mass is 16.3. The van der Waals surface area contributed by atoms with Crippen molar-refractivity contribution in [2.45, 2.75) is 26.3 Å². The molecule has 0 bridgehead atoms. The van der Waals surface area contributed by atoms with Crippen LogP contribution in [0.2, 0.25) is 0 Å². The van der Waals surface area contributed by atoms with Crippen molar-refractivity contribution < 1.29 is 14.0 Å². The van der Waals surface area contributed by atoms with Gasteiger partial charge in [0.2, 0.25) is 5.91 Å². The molecule has 0 unspecified atom stereocenters. The van der Waals surface area contributed by atoms with E-state index >= 15 is 0 Å². The molecule has 1 heterocycles. The Bertz CT molecular complexity index is 346. The Kier molecular flexibility index (Phi) is 4.57. The van der Waals surface area contributed by atoms with Crippen LogP contribution in [0.3, 0.4) is 0 Å².